The average Bonchev–Trinajstić information content (AvgIpc) is 3.35. The first-order chi connectivity index (χ1) is 15.3. The van der Waals surface area contributed by atoms with Crippen LogP contribution < -0.4 is 17.0 Å². The van der Waals surface area contributed by atoms with Gasteiger partial charge < -0.3 is 10.3 Å². The number of carbonyl (C=O) groups excluding carboxylic acids is 1. The van der Waals surface area contributed by atoms with Crippen molar-refractivity contribution in [3.8, 4) is 0 Å². The number of benzene rings is 1. The number of nitrogens with zero attached hydrogens (tertiary/aromatic N) is 4. The van der Waals surface area contributed by atoms with Crippen molar-refractivity contribution in [2.24, 2.45) is 11.7 Å². The Labute approximate surface area is 185 Å². The van der Waals surface area contributed by atoms with Gasteiger partial charge in [0, 0.05) is 6.54 Å². The fourth-order valence-electron chi connectivity index (χ4n) is 4.40. The number of nitrogens with two attached hydrogens (primary N) is 1. The molecule has 1 saturated heterocycles. The first-order valence-corrected chi connectivity index (χ1v) is 11.1. The molecule has 1 aliphatic heterocycles. The van der Waals surface area contributed by atoms with E-state index in [0.717, 1.165) is 31.4 Å². The van der Waals surface area contributed by atoms with Crippen LogP contribution in [0.2, 0.25) is 0 Å². The van der Waals surface area contributed by atoms with Crippen LogP contribution >= 0.6 is 0 Å². The highest BCUT2D eigenvalue weighted by molar-refractivity contribution is 5.80. The van der Waals surface area contributed by atoms with Gasteiger partial charge in [-0.1, -0.05) is 44.2 Å². The van der Waals surface area contributed by atoms with Gasteiger partial charge in [0.05, 0.1) is 19.1 Å². The number of hydrogen-bond acceptors (Lipinski definition) is 5. The summed E-state index contributed by atoms with van der Waals surface area (Å²) in [6, 6.07) is 9.26. The molecular weight excluding hydrogens is 408 g/mol. The maximum Gasteiger partial charge on any atom is 0.330 e. The molecule has 0 saturated carbocycles. The van der Waals surface area contributed by atoms with E-state index in [1.807, 2.05) is 39.8 Å². The minimum Gasteiger partial charge on any atom is -0.368 e. The van der Waals surface area contributed by atoms with Crippen molar-refractivity contribution in [1.82, 2.24) is 24.0 Å². The molecule has 3 N–H and O–H groups in total. The summed E-state index contributed by atoms with van der Waals surface area (Å²) in [4.78, 5) is 46.7. The summed E-state index contributed by atoms with van der Waals surface area (Å²) in [6.07, 6.45) is 2.47. The van der Waals surface area contributed by atoms with E-state index in [9.17, 15) is 14.4 Å². The van der Waals surface area contributed by atoms with E-state index < -0.39 is 11.2 Å². The van der Waals surface area contributed by atoms with Crippen LogP contribution in [-0.2, 0) is 24.4 Å². The highest BCUT2D eigenvalue weighted by atomic mass is 16.2. The molecule has 3 heterocycles. The number of H-pyrrole nitrogens is 1. The molecule has 2 aromatic heterocycles. The van der Waals surface area contributed by atoms with Crippen molar-refractivity contribution in [1.29, 1.82) is 0 Å². The topological polar surface area (TPSA) is 119 Å². The average molecular weight is 439 g/mol. The molecule has 32 heavy (non-hydrogen) atoms. The van der Waals surface area contributed by atoms with Crippen LogP contribution in [0.4, 0.5) is 0 Å². The van der Waals surface area contributed by atoms with Crippen molar-refractivity contribution in [2.75, 3.05) is 6.54 Å². The van der Waals surface area contributed by atoms with Gasteiger partial charge in [-0.2, -0.15) is 0 Å². The van der Waals surface area contributed by atoms with Gasteiger partial charge in [0.2, 0.25) is 5.91 Å². The minimum absolute atomic E-state index is 0.307. The zero-order valence-corrected chi connectivity index (χ0v) is 18.6. The molecule has 0 spiro atoms. The fourth-order valence-corrected chi connectivity index (χ4v) is 4.40. The lowest BCUT2D eigenvalue weighted by atomic mass is 10.1. The minimum atomic E-state index is -0.484. The molecule has 4 rings (SSSR count). The Bertz CT molecular complexity index is 1220. The van der Waals surface area contributed by atoms with E-state index in [4.69, 9.17) is 10.7 Å². The zero-order chi connectivity index (χ0) is 22.8. The lowest BCUT2D eigenvalue weighted by Gasteiger charge is -2.22. The number of imidazole rings is 1. The van der Waals surface area contributed by atoms with Crippen LogP contribution in [0.5, 0.6) is 0 Å². The van der Waals surface area contributed by atoms with Crippen molar-refractivity contribution < 1.29 is 4.79 Å². The van der Waals surface area contributed by atoms with Gasteiger partial charge in [-0.05, 0) is 37.3 Å². The predicted octanol–water partition coefficient (Wildman–Crippen LogP) is 1.43. The molecule has 1 fully saturated rings. The number of aromatic amines is 1. The number of nitrogens with one attached hydrogen (secondary N) is 1. The van der Waals surface area contributed by atoms with Gasteiger partial charge in [0.15, 0.2) is 11.2 Å². The van der Waals surface area contributed by atoms with E-state index >= 15 is 0 Å². The van der Waals surface area contributed by atoms with E-state index in [1.54, 1.807) is 0 Å². The number of aryl methyl sites for hydroxylation is 1. The largest absolute Gasteiger partial charge is 0.368 e. The van der Waals surface area contributed by atoms with E-state index in [-0.39, 0.29) is 11.9 Å². The monoisotopic (exact) mass is 438 g/mol. The van der Waals surface area contributed by atoms with Crippen LogP contribution in [0.3, 0.4) is 0 Å². The third kappa shape index (κ3) is 4.38. The smallest absolute Gasteiger partial charge is 0.330 e. The molecule has 9 heteroatoms. The van der Waals surface area contributed by atoms with Gasteiger partial charge >= 0.3 is 5.69 Å². The van der Waals surface area contributed by atoms with Gasteiger partial charge in [-0.15, -0.1) is 0 Å². The standard InChI is InChI=1S/C23H30N6O3/c1-15(2)10-12-28-18(14-27-11-6-9-17(27)20(24)30)25-21-19(28)22(31)26-23(32)29(21)13-16-7-4-3-5-8-16/h3-5,7-8,15,17H,6,9-14H2,1-2H3,(H2,24,30)(H,26,31,32). The number of likely N-dealkylation sites (tertiary alicyclic amines) is 1. The molecular formula is C23H30N6O3. The maximum atomic E-state index is 12.9. The summed E-state index contributed by atoms with van der Waals surface area (Å²) in [7, 11) is 0. The molecule has 0 bridgehead atoms. The van der Waals surface area contributed by atoms with Crippen LogP contribution in [0.1, 0.15) is 44.5 Å². The van der Waals surface area contributed by atoms with E-state index in [0.29, 0.717) is 42.5 Å². The zero-order valence-electron chi connectivity index (χ0n) is 18.6. The fraction of sp³-hybridized carbons (Fsp3) is 0.478. The summed E-state index contributed by atoms with van der Waals surface area (Å²) in [5.74, 6) is 0.762. The molecule has 3 aromatic rings. The Hall–Kier alpha value is -3.20. The Morgan fingerprint density at radius 1 is 1.19 bits per heavy atom. The van der Waals surface area contributed by atoms with Gasteiger partial charge in [-0.25, -0.2) is 9.78 Å². The van der Waals surface area contributed by atoms with Crippen molar-refractivity contribution >= 4 is 17.1 Å². The van der Waals surface area contributed by atoms with Crippen LogP contribution in [-0.4, -0.2) is 42.5 Å². The molecule has 1 aromatic carbocycles. The Morgan fingerprint density at radius 3 is 2.62 bits per heavy atom. The summed E-state index contributed by atoms with van der Waals surface area (Å²) in [5.41, 5.74) is 6.38. The normalized spacial score (nSPS) is 16.9. The summed E-state index contributed by atoms with van der Waals surface area (Å²) in [5, 5.41) is 0. The lowest BCUT2D eigenvalue weighted by Crippen LogP contribution is -2.40. The molecule has 1 unspecified atom stereocenters. The number of carbonyl (C=O) groups is 1. The molecule has 0 radical (unpaired) electrons. The van der Waals surface area contributed by atoms with E-state index in [2.05, 4.69) is 18.8 Å². The third-order valence-electron chi connectivity index (χ3n) is 6.11. The Morgan fingerprint density at radius 2 is 1.94 bits per heavy atom. The number of fused-ring (bicyclic) bond motifs is 1. The summed E-state index contributed by atoms with van der Waals surface area (Å²) in [6.45, 7) is 6.30. The van der Waals surface area contributed by atoms with Crippen LogP contribution in [0.25, 0.3) is 11.2 Å². The van der Waals surface area contributed by atoms with Crippen molar-refractivity contribution in [2.45, 2.75) is 58.8 Å². The quantitative estimate of drug-likeness (QED) is 0.551. The highest BCUT2D eigenvalue weighted by Crippen LogP contribution is 2.22. The molecule has 1 amide bonds. The molecule has 1 aliphatic rings. The molecule has 0 aliphatic carbocycles. The second-order valence-corrected chi connectivity index (χ2v) is 8.90. The lowest BCUT2D eigenvalue weighted by molar-refractivity contribution is -0.122. The summed E-state index contributed by atoms with van der Waals surface area (Å²) < 4.78 is 3.42. The second kappa shape index (κ2) is 9.12. The van der Waals surface area contributed by atoms with Gasteiger partial charge in [0.25, 0.3) is 5.56 Å². The molecule has 1 atom stereocenters. The molecule has 9 nitrogen and oxygen atoms in total. The van der Waals surface area contributed by atoms with Crippen LogP contribution in [0.15, 0.2) is 39.9 Å². The number of hydrogen-bond donors (Lipinski definition) is 2. The predicted molar refractivity (Wildman–Crippen MR) is 122 cm³/mol. The Balaban J connectivity index is 1.83. The van der Waals surface area contributed by atoms with E-state index in [1.165, 1.54) is 4.57 Å². The number of rotatable bonds is 8. The van der Waals surface area contributed by atoms with Crippen LogP contribution in [0, 0.1) is 5.92 Å². The van der Waals surface area contributed by atoms with Gasteiger partial charge in [0.1, 0.15) is 5.82 Å². The third-order valence-corrected chi connectivity index (χ3v) is 6.11. The first-order valence-electron chi connectivity index (χ1n) is 11.1. The SMILES string of the molecule is CC(C)CCn1c(CN2CCCC2C(N)=O)nc2c1c(=O)[nH]c(=O)n2Cc1ccccc1. The second-order valence-electron chi connectivity index (χ2n) is 8.90. The Kier molecular flexibility index (Phi) is 6.27. The summed E-state index contributed by atoms with van der Waals surface area (Å²) >= 11 is 0. The highest BCUT2D eigenvalue weighted by Gasteiger charge is 2.31. The maximum absolute atomic E-state index is 12.9. The van der Waals surface area contributed by atoms with Crippen molar-refractivity contribution in [3.05, 3.63) is 62.6 Å². The van der Waals surface area contributed by atoms with Gasteiger partial charge in [-0.3, -0.25) is 24.0 Å². The number of aromatic nitrogens is 4. The first kappa shape index (κ1) is 22.0. The van der Waals surface area contributed by atoms with Crippen molar-refractivity contribution in [3.63, 3.8) is 0 Å². The molecule has 170 valence electrons. The number of primary amides is 1. The number of amides is 1.